The smallest absolute Gasteiger partial charge is 0.271 e. The summed E-state index contributed by atoms with van der Waals surface area (Å²) in [5.41, 5.74) is 2.83. The van der Waals surface area contributed by atoms with E-state index in [4.69, 9.17) is 9.84 Å². The summed E-state index contributed by atoms with van der Waals surface area (Å²) in [6.45, 7) is 2.04. The van der Waals surface area contributed by atoms with Crippen molar-refractivity contribution >= 4 is 27.9 Å². The average Bonchev–Trinajstić information content (AvgIpc) is 3.37. The number of nitriles is 1. The second-order valence-electron chi connectivity index (χ2n) is 9.30. The Morgan fingerprint density at radius 3 is 2.33 bits per heavy atom. The van der Waals surface area contributed by atoms with E-state index in [0.717, 1.165) is 14.9 Å². The molecule has 2 aromatic carbocycles. The van der Waals surface area contributed by atoms with E-state index in [2.05, 4.69) is 0 Å². The van der Waals surface area contributed by atoms with Crippen molar-refractivity contribution in [3.63, 3.8) is 0 Å². The Balaban J connectivity index is 1.86. The number of carbonyl (C=O) groups excluding carboxylic acids is 2. The number of nitrogens with zero attached hydrogens (tertiary/aromatic N) is 5. The zero-order valence-electron chi connectivity index (χ0n) is 22.7. The van der Waals surface area contributed by atoms with Gasteiger partial charge < -0.3 is 4.74 Å². The molecule has 11 heteroatoms. The molecule has 1 aliphatic rings. The van der Waals surface area contributed by atoms with Crippen LogP contribution in [-0.4, -0.2) is 73.6 Å². The number of hydrogen-bond acceptors (Lipinski definition) is 7. The van der Waals surface area contributed by atoms with E-state index in [1.165, 1.54) is 33.3 Å². The van der Waals surface area contributed by atoms with Gasteiger partial charge >= 0.3 is 0 Å². The van der Waals surface area contributed by atoms with E-state index < -0.39 is 21.8 Å². The number of sulfonamides is 1. The second-order valence-corrected chi connectivity index (χ2v) is 11.5. The molecule has 2 heterocycles. The summed E-state index contributed by atoms with van der Waals surface area (Å²) in [6.07, 6.45) is 3.80. The predicted molar refractivity (Wildman–Crippen MR) is 149 cm³/mol. The summed E-state index contributed by atoms with van der Waals surface area (Å²) in [4.78, 5) is 27.6. The first-order chi connectivity index (χ1) is 19.1. The van der Waals surface area contributed by atoms with Crippen LogP contribution in [0.1, 0.15) is 18.9 Å². The van der Waals surface area contributed by atoms with Crippen LogP contribution >= 0.6 is 0 Å². The van der Waals surface area contributed by atoms with E-state index >= 15 is 0 Å². The number of ether oxygens (including phenoxy) is 1. The standard InChI is InChI=1S/C29H29N5O5S/c1-20-25(28(35)33(15-8-16-39-4)29(36)26(20)18-30)17-22-19-34(23-9-6-5-7-10-23)31-27(22)21-11-13-24(14-12-21)40(37,38)32(2)3/h5-7,9-14,17,19H,8,15-16H2,1-4H3/b25-17+. The van der Waals surface area contributed by atoms with Gasteiger partial charge in [0.15, 0.2) is 0 Å². The maximum Gasteiger partial charge on any atom is 0.271 e. The Morgan fingerprint density at radius 1 is 1.05 bits per heavy atom. The summed E-state index contributed by atoms with van der Waals surface area (Å²) < 4.78 is 33.0. The normalized spacial score (nSPS) is 15.3. The molecule has 0 radical (unpaired) electrons. The quantitative estimate of drug-likeness (QED) is 0.223. The minimum Gasteiger partial charge on any atom is -0.385 e. The number of imide groups is 1. The predicted octanol–water partition coefficient (Wildman–Crippen LogP) is 3.42. The van der Waals surface area contributed by atoms with Gasteiger partial charge in [0, 0.05) is 57.3 Å². The molecule has 206 valence electrons. The van der Waals surface area contributed by atoms with Crippen LogP contribution in [0.2, 0.25) is 0 Å². The number of hydrogen-bond donors (Lipinski definition) is 0. The summed E-state index contributed by atoms with van der Waals surface area (Å²) in [6, 6.07) is 17.6. The van der Waals surface area contributed by atoms with Crippen LogP contribution < -0.4 is 0 Å². The minimum absolute atomic E-state index is 0.0986. The highest BCUT2D eigenvalue weighted by Crippen LogP contribution is 2.31. The Bertz CT molecular complexity index is 1650. The van der Waals surface area contributed by atoms with Crippen molar-refractivity contribution < 1.29 is 22.7 Å². The average molecular weight is 560 g/mol. The molecule has 0 atom stereocenters. The maximum absolute atomic E-state index is 13.5. The van der Waals surface area contributed by atoms with Crippen molar-refractivity contribution in [1.82, 2.24) is 19.0 Å². The van der Waals surface area contributed by atoms with Crippen LogP contribution in [0.4, 0.5) is 0 Å². The molecule has 40 heavy (non-hydrogen) atoms. The van der Waals surface area contributed by atoms with Crippen molar-refractivity contribution in [2.75, 3.05) is 34.4 Å². The Morgan fingerprint density at radius 2 is 1.73 bits per heavy atom. The first-order valence-corrected chi connectivity index (χ1v) is 13.9. The first kappa shape index (κ1) is 28.6. The lowest BCUT2D eigenvalue weighted by Gasteiger charge is -2.27. The molecule has 0 aliphatic carbocycles. The molecular formula is C29H29N5O5S. The Labute approximate surface area is 233 Å². The fourth-order valence-corrected chi connectivity index (χ4v) is 5.18. The van der Waals surface area contributed by atoms with Gasteiger partial charge in [0.05, 0.1) is 16.3 Å². The van der Waals surface area contributed by atoms with E-state index in [1.54, 1.807) is 36.0 Å². The highest BCUT2D eigenvalue weighted by molar-refractivity contribution is 7.89. The van der Waals surface area contributed by atoms with Crippen molar-refractivity contribution in [2.24, 2.45) is 0 Å². The van der Waals surface area contributed by atoms with Crippen molar-refractivity contribution in [3.05, 3.63) is 83.1 Å². The van der Waals surface area contributed by atoms with Crippen LogP contribution in [-0.2, 0) is 24.3 Å². The third-order valence-corrected chi connectivity index (χ3v) is 8.35. The maximum atomic E-state index is 13.5. The zero-order valence-corrected chi connectivity index (χ0v) is 23.5. The first-order valence-electron chi connectivity index (χ1n) is 12.5. The molecule has 0 spiro atoms. The number of para-hydroxylation sites is 1. The van der Waals surface area contributed by atoms with Crippen molar-refractivity contribution in [2.45, 2.75) is 18.2 Å². The molecule has 4 rings (SSSR count). The topological polar surface area (TPSA) is 126 Å². The fourth-order valence-electron chi connectivity index (χ4n) is 4.28. The molecule has 0 saturated carbocycles. The third kappa shape index (κ3) is 5.51. The lowest BCUT2D eigenvalue weighted by atomic mass is 9.93. The second kappa shape index (κ2) is 11.8. The van der Waals surface area contributed by atoms with Crippen LogP contribution in [0.3, 0.4) is 0 Å². The van der Waals surface area contributed by atoms with Gasteiger partial charge in [0.25, 0.3) is 11.8 Å². The largest absolute Gasteiger partial charge is 0.385 e. The van der Waals surface area contributed by atoms with Crippen molar-refractivity contribution in [3.8, 4) is 23.0 Å². The van der Waals surface area contributed by atoms with Crippen LogP contribution in [0.25, 0.3) is 23.0 Å². The van der Waals surface area contributed by atoms with Gasteiger partial charge in [0.1, 0.15) is 11.6 Å². The van der Waals surface area contributed by atoms with Gasteiger partial charge in [-0.3, -0.25) is 14.5 Å². The Kier molecular flexibility index (Phi) is 8.44. The highest BCUT2D eigenvalue weighted by Gasteiger charge is 2.35. The molecule has 0 unspecified atom stereocenters. The molecule has 0 saturated heterocycles. The SMILES string of the molecule is COCCCN1C(=O)C(C#N)=C(C)/C(=C\c2cn(-c3ccccc3)nc2-c2ccc(S(=O)(=O)N(C)C)cc2)C1=O. The molecule has 10 nitrogen and oxygen atoms in total. The van der Waals surface area contributed by atoms with Crippen LogP contribution in [0.5, 0.6) is 0 Å². The minimum atomic E-state index is -3.62. The summed E-state index contributed by atoms with van der Waals surface area (Å²) >= 11 is 0. The molecule has 1 aliphatic heterocycles. The van der Waals surface area contributed by atoms with Gasteiger partial charge in [-0.1, -0.05) is 30.3 Å². The van der Waals surface area contributed by atoms with E-state index in [-0.39, 0.29) is 28.2 Å². The number of amides is 2. The summed E-state index contributed by atoms with van der Waals surface area (Å²) in [7, 11) is 0.835. The van der Waals surface area contributed by atoms with E-state index in [9.17, 15) is 23.3 Å². The highest BCUT2D eigenvalue weighted by atomic mass is 32.2. The molecule has 0 N–H and O–H groups in total. The Hall–Kier alpha value is -4.37. The van der Waals surface area contributed by atoms with Gasteiger partial charge in [-0.05, 0) is 49.3 Å². The van der Waals surface area contributed by atoms with Crippen LogP contribution in [0, 0.1) is 11.3 Å². The van der Waals surface area contributed by atoms with E-state index in [0.29, 0.717) is 29.8 Å². The van der Waals surface area contributed by atoms with Gasteiger partial charge in [-0.15, -0.1) is 0 Å². The summed E-state index contributed by atoms with van der Waals surface area (Å²) in [5.74, 6) is -1.14. The lowest BCUT2D eigenvalue weighted by molar-refractivity contribution is -0.140. The number of methoxy groups -OCH3 is 1. The molecular weight excluding hydrogens is 530 g/mol. The van der Waals surface area contributed by atoms with Gasteiger partial charge in [-0.2, -0.15) is 10.4 Å². The van der Waals surface area contributed by atoms with Crippen molar-refractivity contribution in [1.29, 1.82) is 5.26 Å². The molecule has 2 amide bonds. The number of carbonyl (C=O) groups is 2. The molecule has 0 fully saturated rings. The lowest BCUT2D eigenvalue weighted by Crippen LogP contribution is -2.43. The number of rotatable bonds is 9. The molecule has 3 aromatic rings. The van der Waals surface area contributed by atoms with E-state index in [1.807, 2.05) is 36.4 Å². The van der Waals surface area contributed by atoms with Gasteiger partial charge in [-0.25, -0.2) is 17.4 Å². The molecule has 1 aromatic heterocycles. The molecule has 0 bridgehead atoms. The third-order valence-electron chi connectivity index (χ3n) is 6.53. The number of benzene rings is 2. The zero-order chi connectivity index (χ0) is 29.0. The fraction of sp³-hybridized carbons (Fsp3) is 0.241. The van der Waals surface area contributed by atoms with Crippen LogP contribution in [0.15, 0.2) is 82.4 Å². The number of aromatic nitrogens is 2. The van der Waals surface area contributed by atoms with Gasteiger partial charge in [0.2, 0.25) is 10.0 Å². The monoisotopic (exact) mass is 559 g/mol. The summed E-state index contributed by atoms with van der Waals surface area (Å²) in [5, 5.41) is 14.5.